The fourth-order valence-electron chi connectivity index (χ4n) is 4.88. The van der Waals surface area contributed by atoms with Gasteiger partial charge in [0.05, 0.1) is 31.7 Å². The Morgan fingerprint density at radius 3 is 2.88 bits per heavy atom. The summed E-state index contributed by atoms with van der Waals surface area (Å²) in [5.41, 5.74) is 11.5. The predicted molar refractivity (Wildman–Crippen MR) is 149 cm³/mol. The Kier molecular flexibility index (Phi) is 7.87. The number of fused-ring (bicyclic) bond motifs is 2. The minimum absolute atomic E-state index is 0.0512. The third kappa shape index (κ3) is 5.35. The summed E-state index contributed by atoms with van der Waals surface area (Å²) in [6.45, 7) is -4.31. The molecule has 226 valence electrons. The molecule has 4 aromatic rings. The van der Waals surface area contributed by atoms with Crippen LogP contribution in [0.5, 0.6) is 0 Å². The van der Waals surface area contributed by atoms with Gasteiger partial charge in [0.25, 0.3) is 5.56 Å². The van der Waals surface area contributed by atoms with Gasteiger partial charge in [0.15, 0.2) is 40.5 Å². The number of rotatable bonds is 9. The number of halogens is 1. The highest BCUT2D eigenvalue weighted by Gasteiger charge is 2.47. The predicted octanol–water partition coefficient (Wildman–Crippen LogP) is -0.880. The molecule has 6 heterocycles. The molecule has 1 unspecified atom stereocenters. The molecule has 8 atom stereocenters. The van der Waals surface area contributed by atoms with Gasteiger partial charge in [0.2, 0.25) is 5.95 Å². The summed E-state index contributed by atoms with van der Waals surface area (Å²) in [6.07, 6.45) is -3.76. The number of aromatic amines is 1. The van der Waals surface area contributed by atoms with Crippen LogP contribution in [0.3, 0.4) is 0 Å². The fourth-order valence-corrected chi connectivity index (χ4v) is 7.87. The maximum Gasteiger partial charge on any atom is 0.324 e. The number of aliphatic hydroxyl groups is 2. The first-order valence-electron chi connectivity index (χ1n) is 12.5. The molecule has 4 aromatic heterocycles. The number of thioether (sulfide) groups is 1. The SMILES string of the molecule is Nc1nc2c(ncn2[C@@H]2S[C@H](CO)C[C@H]2OP(O)(=S)OCC[C@H]2O[C@@H](n3nnc4c(N)ncnc43)[C@@H](F)[C@@H]2O)c(=O)[nH]1. The molecule has 8 N–H and O–H groups in total. The number of hydrogen-bond acceptors (Lipinski definition) is 16. The van der Waals surface area contributed by atoms with E-state index in [2.05, 4.69) is 35.2 Å². The van der Waals surface area contributed by atoms with E-state index in [1.807, 2.05) is 0 Å². The van der Waals surface area contributed by atoms with Crippen molar-refractivity contribution in [2.24, 2.45) is 0 Å². The monoisotopic (exact) mass is 645 g/mol. The van der Waals surface area contributed by atoms with E-state index in [-0.39, 0.29) is 59.0 Å². The zero-order valence-electron chi connectivity index (χ0n) is 21.4. The van der Waals surface area contributed by atoms with Gasteiger partial charge in [-0.1, -0.05) is 5.21 Å². The van der Waals surface area contributed by atoms with Crippen LogP contribution in [-0.2, 0) is 25.6 Å². The molecular weight excluding hydrogens is 620 g/mol. The van der Waals surface area contributed by atoms with Crippen LogP contribution >= 0.6 is 18.5 Å². The standard InChI is InChI=1S/C20H25FN11O7PS2/c21-10-13(34)8(38-18(10)32-15-11(29-30-32)14(22)24-5-25-15)1-2-37-40(36,41)39-9-3-7(4-33)42-19(9)31-6-26-12-16(31)27-20(23)28-17(12)35/h5-10,13,18-19,33-34H,1-4H2,(H,36,41)(H2,22,24,25)(H3,23,27,28,35)/t7-,8+,9+,10-,13+,18+,19+,40?/m0/s1. The minimum Gasteiger partial charge on any atom is -0.395 e. The van der Waals surface area contributed by atoms with E-state index in [0.29, 0.717) is 6.42 Å². The molecule has 0 radical (unpaired) electrons. The van der Waals surface area contributed by atoms with Crippen molar-refractivity contribution >= 4 is 64.4 Å². The van der Waals surface area contributed by atoms with E-state index < -0.39 is 48.4 Å². The first-order valence-corrected chi connectivity index (χ1v) is 16.0. The molecule has 0 amide bonds. The van der Waals surface area contributed by atoms with Gasteiger partial charge in [-0.25, -0.2) is 19.3 Å². The normalized spacial score (nSPS) is 29.5. The van der Waals surface area contributed by atoms with Crippen molar-refractivity contribution in [3.05, 3.63) is 23.0 Å². The van der Waals surface area contributed by atoms with Gasteiger partial charge < -0.3 is 40.4 Å². The number of ether oxygens (including phenoxy) is 1. The number of nitrogens with one attached hydrogen (secondary N) is 1. The molecule has 0 bridgehead atoms. The van der Waals surface area contributed by atoms with Crippen LogP contribution in [0, 0.1) is 0 Å². The summed E-state index contributed by atoms with van der Waals surface area (Å²) in [5.74, 6) is -0.0464. The van der Waals surface area contributed by atoms with Crippen LogP contribution in [0.25, 0.3) is 22.3 Å². The first kappa shape index (κ1) is 29.2. The van der Waals surface area contributed by atoms with Crippen LogP contribution in [0.1, 0.15) is 24.4 Å². The zero-order chi connectivity index (χ0) is 29.8. The van der Waals surface area contributed by atoms with E-state index in [0.717, 1.165) is 4.68 Å². The van der Waals surface area contributed by atoms with Gasteiger partial charge in [-0.3, -0.25) is 14.3 Å². The van der Waals surface area contributed by atoms with Crippen LogP contribution in [0.2, 0.25) is 0 Å². The Hall–Kier alpha value is -2.88. The number of aromatic nitrogens is 9. The fraction of sp³-hybridized carbons (Fsp3) is 0.550. The molecule has 6 rings (SSSR count). The maximum atomic E-state index is 15.0. The maximum absolute atomic E-state index is 15.0. The number of aliphatic hydroxyl groups excluding tert-OH is 2. The Labute approximate surface area is 243 Å². The van der Waals surface area contributed by atoms with Gasteiger partial charge in [-0.15, -0.1) is 16.9 Å². The second-order valence-electron chi connectivity index (χ2n) is 9.54. The van der Waals surface area contributed by atoms with E-state index >= 15 is 4.39 Å². The second kappa shape index (κ2) is 11.3. The molecule has 2 saturated heterocycles. The molecular formula is C20H25FN11O7PS2. The number of H-pyrrole nitrogens is 1. The average molecular weight is 646 g/mol. The highest BCUT2D eigenvalue weighted by atomic mass is 32.5. The topological polar surface area (TPSA) is 260 Å². The van der Waals surface area contributed by atoms with E-state index in [9.17, 15) is 19.9 Å². The smallest absolute Gasteiger partial charge is 0.324 e. The van der Waals surface area contributed by atoms with Crippen LogP contribution in [0.4, 0.5) is 16.2 Å². The molecule has 0 aliphatic carbocycles. The molecule has 42 heavy (non-hydrogen) atoms. The van der Waals surface area contributed by atoms with Crippen molar-refractivity contribution in [3.8, 4) is 0 Å². The molecule has 0 saturated carbocycles. The lowest BCUT2D eigenvalue weighted by atomic mass is 10.1. The number of nitrogens with two attached hydrogens (primary N) is 2. The quantitative estimate of drug-likeness (QED) is 0.121. The molecule has 2 fully saturated rings. The highest BCUT2D eigenvalue weighted by Crippen LogP contribution is 2.53. The third-order valence-electron chi connectivity index (χ3n) is 6.82. The van der Waals surface area contributed by atoms with Crippen molar-refractivity contribution in [1.82, 2.24) is 44.5 Å². The number of imidazole rings is 1. The zero-order valence-corrected chi connectivity index (χ0v) is 23.9. The minimum atomic E-state index is -3.89. The van der Waals surface area contributed by atoms with Crippen molar-refractivity contribution in [2.75, 3.05) is 24.7 Å². The van der Waals surface area contributed by atoms with Gasteiger partial charge in [0.1, 0.15) is 17.8 Å². The van der Waals surface area contributed by atoms with Crippen LogP contribution in [0.15, 0.2) is 17.4 Å². The Morgan fingerprint density at radius 2 is 2.10 bits per heavy atom. The molecule has 2 aliphatic heterocycles. The van der Waals surface area contributed by atoms with Crippen molar-refractivity contribution in [1.29, 1.82) is 0 Å². The molecule has 18 nitrogen and oxygen atoms in total. The number of anilines is 2. The summed E-state index contributed by atoms with van der Waals surface area (Å²) in [4.78, 5) is 41.6. The lowest BCUT2D eigenvalue weighted by Gasteiger charge is -2.25. The summed E-state index contributed by atoms with van der Waals surface area (Å²) < 4.78 is 34.7. The average Bonchev–Trinajstić information content (AvgIpc) is 3.71. The van der Waals surface area contributed by atoms with E-state index in [4.69, 9.17) is 37.1 Å². The van der Waals surface area contributed by atoms with Gasteiger partial charge in [-0.05, 0) is 18.2 Å². The lowest BCUT2D eigenvalue weighted by molar-refractivity contribution is -0.0378. The Balaban J connectivity index is 1.11. The Morgan fingerprint density at radius 1 is 1.29 bits per heavy atom. The number of nitrogen functional groups attached to an aromatic ring is 2. The molecule has 0 aromatic carbocycles. The molecule has 2 aliphatic rings. The lowest BCUT2D eigenvalue weighted by Crippen LogP contribution is -2.29. The molecule has 22 heteroatoms. The summed E-state index contributed by atoms with van der Waals surface area (Å²) in [5, 5.41) is 27.1. The first-order chi connectivity index (χ1) is 20.1. The molecule has 0 spiro atoms. The van der Waals surface area contributed by atoms with Crippen LogP contribution in [-0.4, -0.2) is 103 Å². The third-order valence-corrected chi connectivity index (χ3v) is 9.98. The summed E-state index contributed by atoms with van der Waals surface area (Å²) in [7, 11) is 0. The van der Waals surface area contributed by atoms with Gasteiger partial charge >= 0.3 is 6.72 Å². The van der Waals surface area contributed by atoms with Crippen molar-refractivity contribution in [2.45, 2.75) is 54.2 Å². The Bertz CT molecular complexity index is 1720. The van der Waals surface area contributed by atoms with Crippen molar-refractivity contribution in [3.63, 3.8) is 0 Å². The summed E-state index contributed by atoms with van der Waals surface area (Å²) in [6, 6.07) is 0. The van der Waals surface area contributed by atoms with Gasteiger partial charge in [-0.2, -0.15) is 9.67 Å². The van der Waals surface area contributed by atoms with Crippen molar-refractivity contribution < 1.29 is 33.3 Å². The number of hydrogen-bond donors (Lipinski definition) is 6. The van der Waals surface area contributed by atoms with Gasteiger partial charge in [0, 0.05) is 11.7 Å². The highest BCUT2D eigenvalue weighted by molar-refractivity contribution is 8.07. The number of alkyl halides is 1. The largest absolute Gasteiger partial charge is 0.395 e. The second-order valence-corrected chi connectivity index (χ2v) is 13.8. The van der Waals surface area contributed by atoms with E-state index in [1.165, 1.54) is 24.4 Å². The van der Waals surface area contributed by atoms with E-state index in [1.54, 1.807) is 4.57 Å². The number of nitrogens with zero attached hydrogens (tertiary/aromatic N) is 8. The van der Waals surface area contributed by atoms with Crippen LogP contribution < -0.4 is 17.0 Å². The summed E-state index contributed by atoms with van der Waals surface area (Å²) >= 11 is 6.55.